The summed E-state index contributed by atoms with van der Waals surface area (Å²) in [4.78, 5) is 16.1. The van der Waals surface area contributed by atoms with Gasteiger partial charge in [0.05, 0.1) is 17.4 Å². The number of hydrogen-bond donors (Lipinski definition) is 0. The van der Waals surface area contributed by atoms with Gasteiger partial charge in [-0.3, -0.25) is 9.69 Å². The standard InChI is InChI=1S/C27H27F6N5O3S/c1-25(28,26(29,30)24-35-34-15-36(24)2)17-5-4-6-18(11-17)38-14-21-20(23(38)39)9-16(10-22(21)27(31,32)33)12-37-8-7-19(13-37)42(3,40)41/h4-6,9-11,15,19H,7-8,12-14H2,1-3H3/t19-,25+/m0/s1. The lowest BCUT2D eigenvalue weighted by Gasteiger charge is -2.30. The molecule has 0 aliphatic carbocycles. The Balaban J connectivity index is 1.47. The van der Waals surface area contributed by atoms with Crippen molar-refractivity contribution >= 4 is 21.4 Å². The Labute approximate surface area is 237 Å². The number of halogens is 6. The van der Waals surface area contributed by atoms with Crippen LogP contribution in [0.15, 0.2) is 42.7 Å². The van der Waals surface area contributed by atoms with E-state index in [0.717, 1.165) is 40.2 Å². The van der Waals surface area contributed by atoms with Gasteiger partial charge >= 0.3 is 12.1 Å². The Hall–Kier alpha value is -3.46. The summed E-state index contributed by atoms with van der Waals surface area (Å²) in [5.74, 6) is -5.87. The van der Waals surface area contributed by atoms with Gasteiger partial charge in [0, 0.05) is 37.6 Å². The van der Waals surface area contributed by atoms with Crippen LogP contribution in [0.2, 0.25) is 0 Å². The van der Waals surface area contributed by atoms with Crippen molar-refractivity contribution in [2.24, 2.45) is 7.05 Å². The summed E-state index contributed by atoms with van der Waals surface area (Å²) in [7, 11) is -2.09. The van der Waals surface area contributed by atoms with Crippen molar-refractivity contribution < 1.29 is 39.6 Å². The van der Waals surface area contributed by atoms with Gasteiger partial charge in [-0.15, -0.1) is 10.2 Å². The van der Waals surface area contributed by atoms with Gasteiger partial charge in [-0.05, 0) is 60.8 Å². The van der Waals surface area contributed by atoms with E-state index in [4.69, 9.17) is 0 Å². The number of likely N-dealkylation sites (tertiary alicyclic amines) is 1. The molecule has 2 aliphatic heterocycles. The van der Waals surface area contributed by atoms with E-state index in [1.54, 1.807) is 4.90 Å². The molecule has 1 saturated heterocycles. The molecule has 42 heavy (non-hydrogen) atoms. The third-order valence-electron chi connectivity index (χ3n) is 7.93. The maximum atomic E-state index is 15.8. The Morgan fingerprint density at radius 1 is 1.07 bits per heavy atom. The zero-order chi connectivity index (χ0) is 30.8. The van der Waals surface area contributed by atoms with Crippen LogP contribution in [0.5, 0.6) is 0 Å². The largest absolute Gasteiger partial charge is 0.416 e. The molecule has 1 amide bonds. The number of hydrogen-bond acceptors (Lipinski definition) is 6. The summed E-state index contributed by atoms with van der Waals surface area (Å²) in [5, 5.41) is 6.09. The molecule has 1 fully saturated rings. The van der Waals surface area contributed by atoms with Gasteiger partial charge in [-0.2, -0.15) is 22.0 Å². The van der Waals surface area contributed by atoms with E-state index in [2.05, 4.69) is 10.2 Å². The van der Waals surface area contributed by atoms with E-state index in [0.29, 0.717) is 19.9 Å². The van der Waals surface area contributed by atoms with Crippen LogP contribution in [-0.4, -0.2) is 58.6 Å². The number of fused-ring (bicyclic) bond motifs is 1. The molecule has 0 spiro atoms. The van der Waals surface area contributed by atoms with Gasteiger partial charge < -0.3 is 9.47 Å². The fourth-order valence-electron chi connectivity index (χ4n) is 5.49. The Bertz CT molecular complexity index is 1650. The number of carbonyl (C=O) groups is 1. The molecule has 0 radical (unpaired) electrons. The van der Waals surface area contributed by atoms with Crippen molar-refractivity contribution in [2.75, 3.05) is 24.2 Å². The number of sulfone groups is 1. The number of anilines is 1. The molecule has 2 aromatic carbocycles. The first-order valence-corrected chi connectivity index (χ1v) is 14.8. The van der Waals surface area contributed by atoms with Gasteiger partial charge in [-0.25, -0.2) is 12.8 Å². The van der Waals surface area contributed by atoms with Gasteiger partial charge in [0.15, 0.2) is 9.84 Å². The third-order valence-corrected chi connectivity index (χ3v) is 9.53. The summed E-state index contributed by atoms with van der Waals surface area (Å²) in [6.45, 7) is 0.676. The van der Waals surface area contributed by atoms with Crippen LogP contribution in [0, 0.1) is 0 Å². The molecule has 3 aromatic rings. The van der Waals surface area contributed by atoms with Gasteiger partial charge in [0.2, 0.25) is 11.5 Å². The average molecular weight is 616 g/mol. The quantitative estimate of drug-likeness (QED) is 0.362. The molecular weight excluding hydrogens is 588 g/mol. The first-order valence-electron chi connectivity index (χ1n) is 12.9. The van der Waals surface area contributed by atoms with E-state index < -0.39 is 62.3 Å². The Morgan fingerprint density at radius 3 is 2.38 bits per heavy atom. The SMILES string of the molecule is Cn1cnnc1C(F)(F)[C@](C)(F)c1cccc(N2Cc3c(cc(CN4CC[C@H](S(C)(=O)=O)C4)cc3C(F)(F)F)C2=O)c1. The molecule has 2 atom stereocenters. The van der Waals surface area contributed by atoms with Crippen molar-refractivity contribution in [1.82, 2.24) is 19.7 Å². The van der Waals surface area contributed by atoms with Crippen LogP contribution >= 0.6 is 0 Å². The molecule has 5 rings (SSSR count). The number of alkyl halides is 6. The predicted octanol–water partition coefficient (Wildman–Crippen LogP) is 4.59. The number of carbonyl (C=O) groups excluding carboxylic acids is 1. The molecule has 1 aromatic heterocycles. The monoisotopic (exact) mass is 615 g/mol. The Morgan fingerprint density at radius 2 is 1.79 bits per heavy atom. The minimum absolute atomic E-state index is 0.00246. The smallest absolute Gasteiger partial charge is 0.316 e. The molecular formula is C27H27F6N5O3S. The summed E-state index contributed by atoms with van der Waals surface area (Å²) in [5.41, 5.74) is -5.23. The topological polar surface area (TPSA) is 88.4 Å². The van der Waals surface area contributed by atoms with Crippen LogP contribution in [0.4, 0.5) is 32.0 Å². The summed E-state index contributed by atoms with van der Waals surface area (Å²) in [6.07, 6.45) is -2.35. The predicted molar refractivity (Wildman–Crippen MR) is 140 cm³/mol. The molecule has 8 nitrogen and oxygen atoms in total. The van der Waals surface area contributed by atoms with Crippen molar-refractivity contribution in [3.05, 3.63) is 76.4 Å². The second-order valence-corrected chi connectivity index (χ2v) is 13.3. The van der Waals surface area contributed by atoms with Gasteiger partial charge in [-0.1, -0.05) is 12.1 Å². The number of amides is 1. The minimum atomic E-state index is -4.81. The highest BCUT2D eigenvalue weighted by atomic mass is 32.2. The molecule has 15 heteroatoms. The Kier molecular flexibility index (Phi) is 7.20. The summed E-state index contributed by atoms with van der Waals surface area (Å²) >= 11 is 0. The molecule has 0 bridgehead atoms. The van der Waals surface area contributed by atoms with E-state index in [-0.39, 0.29) is 35.5 Å². The minimum Gasteiger partial charge on any atom is -0.316 e. The highest BCUT2D eigenvalue weighted by Gasteiger charge is 2.57. The first kappa shape index (κ1) is 30.0. The van der Waals surface area contributed by atoms with E-state index >= 15 is 13.2 Å². The highest BCUT2D eigenvalue weighted by Crippen LogP contribution is 2.48. The summed E-state index contributed by atoms with van der Waals surface area (Å²) in [6, 6.07) is 6.96. The molecule has 226 valence electrons. The normalized spacial score (nSPS) is 19.8. The van der Waals surface area contributed by atoms with Crippen LogP contribution in [0.25, 0.3) is 0 Å². The fraction of sp³-hybridized carbons (Fsp3) is 0.444. The van der Waals surface area contributed by atoms with Crippen LogP contribution in [-0.2, 0) is 47.7 Å². The molecule has 0 N–H and O–H groups in total. The number of aromatic nitrogens is 3. The van der Waals surface area contributed by atoms with Crippen molar-refractivity contribution in [2.45, 2.75) is 49.5 Å². The number of nitrogens with zero attached hydrogens (tertiary/aromatic N) is 5. The van der Waals surface area contributed by atoms with Crippen molar-refractivity contribution in [3.8, 4) is 0 Å². The second kappa shape index (κ2) is 10.1. The van der Waals surface area contributed by atoms with Crippen molar-refractivity contribution in [1.29, 1.82) is 0 Å². The van der Waals surface area contributed by atoms with E-state index in [1.807, 2.05) is 0 Å². The number of aryl methyl sites for hydroxylation is 1. The number of rotatable bonds is 7. The first-order chi connectivity index (χ1) is 19.4. The maximum Gasteiger partial charge on any atom is 0.416 e. The lowest BCUT2D eigenvalue weighted by molar-refractivity contribution is -0.149. The van der Waals surface area contributed by atoms with Crippen molar-refractivity contribution in [3.63, 3.8) is 0 Å². The van der Waals surface area contributed by atoms with Crippen LogP contribution in [0.1, 0.15) is 51.8 Å². The molecule has 0 unspecified atom stereocenters. The lowest BCUT2D eigenvalue weighted by atomic mass is 9.90. The summed E-state index contributed by atoms with van der Waals surface area (Å²) < 4.78 is 113. The zero-order valence-corrected chi connectivity index (χ0v) is 23.6. The second-order valence-electron chi connectivity index (χ2n) is 10.9. The maximum absolute atomic E-state index is 15.8. The molecule has 2 aliphatic rings. The van der Waals surface area contributed by atoms with E-state index in [9.17, 15) is 26.4 Å². The van der Waals surface area contributed by atoms with Gasteiger partial charge in [0.25, 0.3) is 5.91 Å². The number of benzene rings is 2. The van der Waals surface area contributed by atoms with Gasteiger partial charge in [0.1, 0.15) is 6.33 Å². The zero-order valence-electron chi connectivity index (χ0n) is 22.8. The van der Waals surface area contributed by atoms with E-state index in [1.165, 1.54) is 25.2 Å². The lowest BCUT2D eigenvalue weighted by Crippen LogP contribution is -2.39. The molecule has 3 heterocycles. The average Bonchev–Trinajstić information content (AvgIpc) is 3.62. The van der Waals surface area contributed by atoms with Crippen LogP contribution < -0.4 is 4.90 Å². The molecule has 0 saturated carbocycles. The third kappa shape index (κ3) is 5.16. The highest BCUT2D eigenvalue weighted by molar-refractivity contribution is 7.91. The fourth-order valence-corrected chi connectivity index (χ4v) is 6.51. The van der Waals surface area contributed by atoms with Crippen LogP contribution in [0.3, 0.4) is 0 Å².